The van der Waals surface area contributed by atoms with Crippen molar-refractivity contribution in [1.29, 1.82) is 0 Å². The van der Waals surface area contributed by atoms with Crippen LogP contribution in [0.5, 0.6) is 0 Å². The van der Waals surface area contributed by atoms with E-state index in [4.69, 9.17) is 5.73 Å². The monoisotopic (exact) mass is 332 g/mol. The summed E-state index contributed by atoms with van der Waals surface area (Å²) >= 11 is 0. The fourth-order valence-electron chi connectivity index (χ4n) is 3.44. The van der Waals surface area contributed by atoms with Gasteiger partial charge in [-0.05, 0) is 35.2 Å². The first kappa shape index (κ1) is 15.6. The predicted octanol–water partition coefficient (Wildman–Crippen LogP) is 2.28. The van der Waals surface area contributed by atoms with Crippen molar-refractivity contribution in [2.45, 2.75) is 25.6 Å². The number of hydrogen-bond donors (Lipinski definition) is 1. The van der Waals surface area contributed by atoms with Gasteiger partial charge in [0.25, 0.3) is 0 Å². The lowest BCUT2D eigenvalue weighted by Crippen LogP contribution is -2.48. The normalized spacial score (nSPS) is 17.2. The molecule has 1 aromatic heterocycles. The van der Waals surface area contributed by atoms with Crippen LogP contribution in [0.4, 0.5) is 0 Å². The Morgan fingerprint density at radius 2 is 1.88 bits per heavy atom. The molecule has 0 saturated carbocycles. The van der Waals surface area contributed by atoms with Crippen molar-refractivity contribution in [3.05, 3.63) is 83.9 Å². The summed E-state index contributed by atoms with van der Waals surface area (Å²) in [5.74, 6) is -0.260. The molecule has 0 unspecified atom stereocenters. The fourth-order valence-corrected chi connectivity index (χ4v) is 3.44. The van der Waals surface area contributed by atoms with E-state index in [1.54, 1.807) is 12.5 Å². The molecule has 4 rings (SSSR count). The van der Waals surface area contributed by atoms with Gasteiger partial charge in [-0.3, -0.25) is 9.69 Å². The second kappa shape index (κ2) is 6.53. The van der Waals surface area contributed by atoms with Crippen molar-refractivity contribution in [1.82, 2.24) is 14.5 Å². The van der Waals surface area contributed by atoms with Gasteiger partial charge in [0.2, 0.25) is 5.91 Å². The van der Waals surface area contributed by atoms with Gasteiger partial charge in [0, 0.05) is 31.2 Å². The topological polar surface area (TPSA) is 64.2 Å². The first-order chi connectivity index (χ1) is 12.2. The zero-order valence-electron chi connectivity index (χ0n) is 13.9. The van der Waals surface area contributed by atoms with E-state index in [2.05, 4.69) is 46.3 Å². The summed E-state index contributed by atoms with van der Waals surface area (Å²) in [5.41, 5.74) is 10.4. The molecule has 0 saturated heterocycles. The van der Waals surface area contributed by atoms with Crippen LogP contribution in [-0.4, -0.2) is 26.4 Å². The third-order valence-electron chi connectivity index (χ3n) is 4.80. The number of carbonyl (C=O) groups is 1. The second-order valence-electron chi connectivity index (χ2n) is 6.43. The third-order valence-corrected chi connectivity index (χ3v) is 4.80. The summed E-state index contributed by atoms with van der Waals surface area (Å²) in [5, 5.41) is 0. The minimum Gasteiger partial charge on any atom is -0.368 e. The summed E-state index contributed by atoms with van der Waals surface area (Å²) < 4.78 is 1.97. The van der Waals surface area contributed by atoms with Gasteiger partial charge in [-0.15, -0.1) is 0 Å². The first-order valence-corrected chi connectivity index (χ1v) is 8.38. The number of carbonyl (C=O) groups excluding carboxylic acids is 1. The van der Waals surface area contributed by atoms with Crippen LogP contribution < -0.4 is 5.73 Å². The average molecular weight is 332 g/mol. The number of aromatic nitrogens is 2. The van der Waals surface area contributed by atoms with Crippen molar-refractivity contribution in [3.63, 3.8) is 0 Å². The Balaban J connectivity index is 1.55. The molecule has 2 N–H and O–H groups in total. The molecule has 2 aromatic carbocycles. The summed E-state index contributed by atoms with van der Waals surface area (Å²) in [6.07, 6.45) is 6.13. The molecule has 1 amide bonds. The number of rotatable bonds is 4. The summed E-state index contributed by atoms with van der Waals surface area (Å²) in [6.45, 7) is 1.44. The Bertz CT molecular complexity index is 871. The Labute approximate surface area is 146 Å². The maximum absolute atomic E-state index is 11.9. The lowest BCUT2D eigenvalue weighted by molar-refractivity contribution is -0.124. The highest BCUT2D eigenvalue weighted by atomic mass is 16.1. The molecule has 0 radical (unpaired) electrons. The number of fused-ring (bicyclic) bond motifs is 1. The number of hydrogen-bond acceptors (Lipinski definition) is 3. The number of primary amides is 1. The lowest BCUT2D eigenvalue weighted by atomic mass is 9.93. The van der Waals surface area contributed by atoms with Crippen LogP contribution in [0.15, 0.2) is 67.3 Å². The van der Waals surface area contributed by atoms with Gasteiger partial charge < -0.3 is 10.3 Å². The number of benzene rings is 2. The van der Waals surface area contributed by atoms with E-state index in [9.17, 15) is 4.79 Å². The Hall–Kier alpha value is -2.92. The summed E-state index contributed by atoms with van der Waals surface area (Å²) in [7, 11) is 0. The van der Waals surface area contributed by atoms with Crippen molar-refractivity contribution < 1.29 is 4.79 Å². The number of nitrogens with zero attached hydrogens (tertiary/aromatic N) is 3. The van der Waals surface area contributed by atoms with Crippen LogP contribution in [0, 0.1) is 0 Å². The largest absolute Gasteiger partial charge is 0.368 e. The molecule has 25 heavy (non-hydrogen) atoms. The molecule has 0 fully saturated rings. The van der Waals surface area contributed by atoms with Crippen LogP contribution in [0.2, 0.25) is 0 Å². The quantitative estimate of drug-likeness (QED) is 0.797. The highest BCUT2D eigenvalue weighted by Crippen LogP contribution is 2.25. The maximum Gasteiger partial charge on any atom is 0.235 e. The Morgan fingerprint density at radius 1 is 1.12 bits per heavy atom. The zero-order chi connectivity index (χ0) is 17.2. The van der Waals surface area contributed by atoms with Gasteiger partial charge in [0.1, 0.15) is 0 Å². The summed E-state index contributed by atoms with van der Waals surface area (Å²) in [4.78, 5) is 18.2. The van der Waals surface area contributed by atoms with E-state index in [0.29, 0.717) is 13.0 Å². The van der Waals surface area contributed by atoms with Gasteiger partial charge in [0.15, 0.2) is 0 Å². The molecule has 5 nitrogen and oxygen atoms in total. The molecule has 3 aromatic rings. The van der Waals surface area contributed by atoms with Crippen LogP contribution >= 0.6 is 0 Å². The van der Waals surface area contributed by atoms with Gasteiger partial charge in [-0.25, -0.2) is 4.98 Å². The third kappa shape index (κ3) is 3.19. The standard InChI is InChI=1S/C20H20N4O/c21-20(25)19-11-16-3-1-2-4-17(16)13-24(19)12-15-5-7-18(8-6-15)23-10-9-22-14-23/h1-10,14,19H,11-13H2,(H2,21,25)/t19-/m0/s1. The number of nitrogens with two attached hydrogens (primary N) is 1. The molecule has 126 valence electrons. The summed E-state index contributed by atoms with van der Waals surface area (Å²) in [6, 6.07) is 16.3. The SMILES string of the molecule is NC(=O)[C@@H]1Cc2ccccc2CN1Cc1ccc(-n2ccnc2)cc1. The van der Waals surface area contributed by atoms with Gasteiger partial charge in [-0.1, -0.05) is 36.4 Å². The number of amides is 1. The molecule has 1 atom stereocenters. The van der Waals surface area contributed by atoms with Crippen LogP contribution in [-0.2, 0) is 24.3 Å². The molecule has 1 aliphatic heterocycles. The van der Waals surface area contributed by atoms with Gasteiger partial charge in [-0.2, -0.15) is 0 Å². The smallest absolute Gasteiger partial charge is 0.235 e. The highest BCUT2D eigenvalue weighted by Gasteiger charge is 2.29. The van der Waals surface area contributed by atoms with Crippen molar-refractivity contribution >= 4 is 5.91 Å². The second-order valence-corrected chi connectivity index (χ2v) is 6.43. The van der Waals surface area contributed by atoms with E-state index in [0.717, 1.165) is 17.8 Å². The first-order valence-electron chi connectivity index (χ1n) is 8.38. The van der Waals surface area contributed by atoms with E-state index in [-0.39, 0.29) is 11.9 Å². The number of imidazole rings is 1. The molecule has 5 heteroatoms. The minimum absolute atomic E-state index is 0.260. The van der Waals surface area contributed by atoms with Gasteiger partial charge >= 0.3 is 0 Å². The van der Waals surface area contributed by atoms with Gasteiger partial charge in [0.05, 0.1) is 12.4 Å². The van der Waals surface area contributed by atoms with E-state index in [1.807, 2.05) is 22.9 Å². The van der Waals surface area contributed by atoms with Crippen LogP contribution in [0.1, 0.15) is 16.7 Å². The molecular weight excluding hydrogens is 312 g/mol. The van der Waals surface area contributed by atoms with Crippen LogP contribution in [0.3, 0.4) is 0 Å². The molecule has 1 aliphatic rings. The molecular formula is C20H20N4O. The predicted molar refractivity (Wildman–Crippen MR) is 95.9 cm³/mol. The van der Waals surface area contributed by atoms with Crippen molar-refractivity contribution in [3.8, 4) is 5.69 Å². The Kier molecular flexibility index (Phi) is 4.07. The van der Waals surface area contributed by atoms with E-state index >= 15 is 0 Å². The molecule has 0 spiro atoms. The van der Waals surface area contributed by atoms with E-state index in [1.165, 1.54) is 11.1 Å². The van der Waals surface area contributed by atoms with Crippen molar-refractivity contribution in [2.24, 2.45) is 5.73 Å². The fraction of sp³-hybridized carbons (Fsp3) is 0.200. The Morgan fingerprint density at radius 3 is 2.56 bits per heavy atom. The molecule has 0 bridgehead atoms. The lowest BCUT2D eigenvalue weighted by Gasteiger charge is -2.35. The van der Waals surface area contributed by atoms with Crippen molar-refractivity contribution in [2.75, 3.05) is 0 Å². The van der Waals surface area contributed by atoms with E-state index < -0.39 is 0 Å². The van der Waals surface area contributed by atoms with Crippen LogP contribution in [0.25, 0.3) is 5.69 Å². The minimum atomic E-state index is -0.261. The highest BCUT2D eigenvalue weighted by molar-refractivity contribution is 5.80. The zero-order valence-corrected chi connectivity index (χ0v) is 13.9. The molecule has 2 heterocycles. The molecule has 0 aliphatic carbocycles. The average Bonchev–Trinajstić information content (AvgIpc) is 3.16. The maximum atomic E-state index is 11.9.